The maximum atomic E-state index is 12.5. The van der Waals surface area contributed by atoms with Crippen molar-refractivity contribution in [2.45, 2.75) is 19.6 Å². The molecular formula is C21H21N3O6. The molecule has 1 heterocycles. The number of hydrogen-bond acceptors (Lipinski definition) is 7. The third-order valence-electron chi connectivity index (χ3n) is 4.37. The van der Waals surface area contributed by atoms with E-state index in [0.717, 1.165) is 4.57 Å². The first-order valence-electron chi connectivity index (χ1n) is 9.09. The molecule has 2 aromatic carbocycles. The van der Waals surface area contributed by atoms with Crippen LogP contribution >= 0.6 is 0 Å². The van der Waals surface area contributed by atoms with Crippen LogP contribution in [0.15, 0.2) is 53.6 Å². The van der Waals surface area contributed by atoms with Crippen LogP contribution in [0.4, 0.5) is 5.69 Å². The first-order chi connectivity index (χ1) is 14.4. The number of esters is 1. The van der Waals surface area contributed by atoms with Crippen LogP contribution in [0.2, 0.25) is 0 Å². The number of ether oxygens (including phenoxy) is 3. The van der Waals surface area contributed by atoms with Gasteiger partial charge in [0, 0.05) is 6.07 Å². The maximum Gasteiger partial charge on any atom is 0.326 e. The van der Waals surface area contributed by atoms with Gasteiger partial charge in [-0.3, -0.25) is 19.0 Å². The lowest BCUT2D eigenvalue weighted by Gasteiger charge is -2.16. The Morgan fingerprint density at radius 2 is 1.90 bits per heavy atom. The summed E-state index contributed by atoms with van der Waals surface area (Å²) in [5.41, 5.74) is 0.544. The summed E-state index contributed by atoms with van der Waals surface area (Å²) >= 11 is 0. The minimum Gasteiger partial charge on any atom is -0.497 e. The van der Waals surface area contributed by atoms with Gasteiger partial charge in [-0.05, 0) is 31.2 Å². The van der Waals surface area contributed by atoms with E-state index in [0.29, 0.717) is 28.1 Å². The quantitative estimate of drug-likeness (QED) is 0.592. The van der Waals surface area contributed by atoms with E-state index in [1.54, 1.807) is 42.5 Å². The van der Waals surface area contributed by atoms with Gasteiger partial charge >= 0.3 is 5.97 Å². The van der Waals surface area contributed by atoms with Gasteiger partial charge in [-0.1, -0.05) is 12.1 Å². The summed E-state index contributed by atoms with van der Waals surface area (Å²) in [4.78, 5) is 41.3. The first kappa shape index (κ1) is 20.8. The molecule has 0 saturated heterocycles. The van der Waals surface area contributed by atoms with Gasteiger partial charge in [0.05, 0.1) is 37.1 Å². The van der Waals surface area contributed by atoms with Crippen molar-refractivity contribution in [3.63, 3.8) is 0 Å². The second kappa shape index (κ2) is 9.08. The molecule has 1 unspecified atom stereocenters. The van der Waals surface area contributed by atoms with Crippen molar-refractivity contribution in [1.82, 2.24) is 9.55 Å². The highest BCUT2D eigenvalue weighted by atomic mass is 16.5. The third kappa shape index (κ3) is 4.57. The van der Waals surface area contributed by atoms with Crippen LogP contribution in [-0.2, 0) is 20.9 Å². The highest BCUT2D eigenvalue weighted by Crippen LogP contribution is 2.29. The number of methoxy groups -OCH3 is 2. The second-order valence-electron chi connectivity index (χ2n) is 6.38. The molecule has 9 nitrogen and oxygen atoms in total. The molecule has 1 N–H and O–H groups in total. The lowest BCUT2D eigenvalue weighted by molar-refractivity contribution is -0.153. The fourth-order valence-electron chi connectivity index (χ4n) is 2.79. The number of rotatable bonds is 7. The van der Waals surface area contributed by atoms with Crippen LogP contribution in [0.5, 0.6) is 11.5 Å². The van der Waals surface area contributed by atoms with Crippen molar-refractivity contribution in [1.29, 1.82) is 0 Å². The molecule has 0 aliphatic heterocycles. The zero-order chi connectivity index (χ0) is 21.7. The lowest BCUT2D eigenvalue weighted by Crippen LogP contribution is -2.33. The Kier molecular flexibility index (Phi) is 6.31. The van der Waals surface area contributed by atoms with E-state index >= 15 is 0 Å². The van der Waals surface area contributed by atoms with Gasteiger partial charge in [-0.25, -0.2) is 4.98 Å². The number of carbonyl (C=O) groups excluding carboxylic acids is 2. The Morgan fingerprint density at radius 3 is 2.63 bits per heavy atom. The van der Waals surface area contributed by atoms with E-state index < -0.39 is 18.0 Å². The molecule has 3 rings (SSSR count). The van der Waals surface area contributed by atoms with E-state index in [-0.39, 0.29) is 12.1 Å². The van der Waals surface area contributed by atoms with Gasteiger partial charge in [-0.2, -0.15) is 0 Å². The number of hydrogen-bond donors (Lipinski definition) is 1. The summed E-state index contributed by atoms with van der Waals surface area (Å²) in [6.07, 6.45) is 0.176. The fraction of sp³-hybridized carbons (Fsp3) is 0.238. The van der Waals surface area contributed by atoms with E-state index in [4.69, 9.17) is 14.2 Å². The summed E-state index contributed by atoms with van der Waals surface area (Å²) < 4.78 is 16.7. The van der Waals surface area contributed by atoms with Crippen molar-refractivity contribution in [2.24, 2.45) is 0 Å². The number of benzene rings is 2. The number of anilines is 1. The minimum absolute atomic E-state index is 0.364. The Bertz CT molecular complexity index is 1140. The van der Waals surface area contributed by atoms with Gasteiger partial charge in [-0.15, -0.1) is 0 Å². The van der Waals surface area contributed by atoms with Crippen LogP contribution in [-0.4, -0.2) is 41.8 Å². The second-order valence-corrected chi connectivity index (χ2v) is 6.38. The normalized spacial score (nSPS) is 11.6. The predicted molar refractivity (Wildman–Crippen MR) is 110 cm³/mol. The summed E-state index contributed by atoms with van der Waals surface area (Å²) in [5.74, 6) is -0.344. The van der Waals surface area contributed by atoms with Crippen LogP contribution in [0.3, 0.4) is 0 Å². The minimum atomic E-state index is -1.10. The molecule has 0 fully saturated rings. The molecule has 0 saturated carbocycles. The average Bonchev–Trinajstić information content (AvgIpc) is 2.75. The average molecular weight is 411 g/mol. The lowest BCUT2D eigenvalue weighted by atomic mass is 10.2. The maximum absolute atomic E-state index is 12.5. The molecular weight excluding hydrogens is 390 g/mol. The van der Waals surface area contributed by atoms with Crippen LogP contribution in [0.25, 0.3) is 10.9 Å². The van der Waals surface area contributed by atoms with Gasteiger partial charge in [0.15, 0.2) is 6.10 Å². The molecule has 1 amide bonds. The molecule has 156 valence electrons. The van der Waals surface area contributed by atoms with Gasteiger partial charge in [0.2, 0.25) is 0 Å². The van der Waals surface area contributed by atoms with Crippen LogP contribution < -0.4 is 20.3 Å². The number of nitrogens with zero attached hydrogens (tertiary/aromatic N) is 2. The molecule has 0 aliphatic rings. The summed E-state index contributed by atoms with van der Waals surface area (Å²) in [7, 11) is 2.97. The standard InChI is InChI=1S/C21H21N3O6/c1-13(20(26)23-17-10-14(28-2)8-9-18(17)29-3)30-19(25)11-24-12-22-16-7-5-4-6-15(16)21(24)27/h4-10,12-13H,11H2,1-3H3,(H,23,26). The van der Waals surface area contributed by atoms with Crippen molar-refractivity contribution in [2.75, 3.05) is 19.5 Å². The molecule has 0 bridgehead atoms. The van der Waals surface area contributed by atoms with E-state index in [1.165, 1.54) is 27.5 Å². The molecule has 1 atom stereocenters. The Hall–Kier alpha value is -3.88. The van der Waals surface area contributed by atoms with E-state index in [9.17, 15) is 14.4 Å². The monoisotopic (exact) mass is 411 g/mol. The topological polar surface area (TPSA) is 109 Å². The van der Waals surface area contributed by atoms with E-state index in [1.807, 2.05) is 0 Å². The molecule has 1 aromatic heterocycles. The zero-order valence-electron chi connectivity index (χ0n) is 16.7. The predicted octanol–water partition coefficient (Wildman–Crippen LogP) is 1.98. The van der Waals surface area contributed by atoms with Crippen molar-refractivity contribution in [3.05, 3.63) is 59.1 Å². The molecule has 9 heteroatoms. The smallest absolute Gasteiger partial charge is 0.326 e. The molecule has 0 radical (unpaired) electrons. The number of carbonyl (C=O) groups is 2. The summed E-state index contributed by atoms with van der Waals surface area (Å²) in [5, 5.41) is 3.03. The number of fused-ring (bicyclic) bond motifs is 1. The SMILES string of the molecule is COc1ccc(OC)c(NC(=O)C(C)OC(=O)Cn2cnc3ccccc3c2=O)c1. The van der Waals surface area contributed by atoms with Gasteiger partial charge in [0.1, 0.15) is 18.0 Å². The largest absolute Gasteiger partial charge is 0.497 e. The zero-order valence-corrected chi connectivity index (χ0v) is 16.7. The van der Waals surface area contributed by atoms with Crippen molar-refractivity contribution in [3.8, 4) is 11.5 Å². The fourth-order valence-corrected chi connectivity index (χ4v) is 2.79. The summed E-state index contributed by atoms with van der Waals surface area (Å²) in [6, 6.07) is 11.7. The molecule has 0 spiro atoms. The third-order valence-corrected chi connectivity index (χ3v) is 4.37. The highest BCUT2D eigenvalue weighted by molar-refractivity contribution is 5.96. The number of aromatic nitrogens is 2. The van der Waals surface area contributed by atoms with Crippen molar-refractivity contribution < 1.29 is 23.8 Å². The first-order valence-corrected chi connectivity index (χ1v) is 9.09. The molecule has 3 aromatic rings. The van der Waals surface area contributed by atoms with Gasteiger partial charge < -0.3 is 19.5 Å². The van der Waals surface area contributed by atoms with Crippen LogP contribution in [0, 0.1) is 0 Å². The molecule has 0 aliphatic carbocycles. The summed E-state index contributed by atoms with van der Waals surface area (Å²) in [6.45, 7) is 1.07. The number of para-hydroxylation sites is 1. The highest BCUT2D eigenvalue weighted by Gasteiger charge is 2.20. The Labute approximate surface area is 172 Å². The number of nitrogens with one attached hydrogen (secondary N) is 1. The Morgan fingerprint density at radius 1 is 1.13 bits per heavy atom. The van der Waals surface area contributed by atoms with Gasteiger partial charge in [0.25, 0.3) is 11.5 Å². The van der Waals surface area contributed by atoms with Crippen molar-refractivity contribution >= 4 is 28.5 Å². The van der Waals surface area contributed by atoms with Crippen LogP contribution in [0.1, 0.15) is 6.92 Å². The number of amides is 1. The molecule has 30 heavy (non-hydrogen) atoms. The van der Waals surface area contributed by atoms with E-state index in [2.05, 4.69) is 10.3 Å². The Balaban J connectivity index is 1.67.